The molecule has 0 aromatic heterocycles. The molecule has 2 aromatic rings. The number of hydrogen-bond acceptors (Lipinski definition) is 5. The zero-order valence-corrected chi connectivity index (χ0v) is 19.7. The predicted octanol–water partition coefficient (Wildman–Crippen LogP) is 6.46. The second kappa shape index (κ2) is 9.90. The summed E-state index contributed by atoms with van der Waals surface area (Å²) in [5.41, 5.74) is -3.59. The third kappa shape index (κ3) is 5.21. The highest BCUT2D eigenvalue weighted by Crippen LogP contribution is 2.46. The topological polar surface area (TPSA) is 65.1 Å². The van der Waals surface area contributed by atoms with E-state index in [9.17, 15) is 35.9 Å². The highest BCUT2D eigenvalue weighted by molar-refractivity contribution is 6.04. The van der Waals surface area contributed by atoms with Crippen LogP contribution in [0.2, 0.25) is 0 Å². The van der Waals surface area contributed by atoms with Crippen molar-refractivity contribution in [1.29, 1.82) is 0 Å². The van der Waals surface area contributed by atoms with E-state index in [1.54, 1.807) is 13.8 Å². The van der Waals surface area contributed by atoms with Gasteiger partial charge in [-0.2, -0.15) is 26.3 Å². The number of carbonyl (C=O) groups is 2. The summed E-state index contributed by atoms with van der Waals surface area (Å²) in [7, 11) is 2.66. The largest absolute Gasteiger partial charge is 0.493 e. The molecule has 196 valence electrons. The summed E-state index contributed by atoms with van der Waals surface area (Å²) in [6, 6.07) is 2.88. The third-order valence-electron chi connectivity index (χ3n) is 5.84. The van der Waals surface area contributed by atoms with Crippen molar-refractivity contribution in [3.05, 3.63) is 52.6 Å². The number of methoxy groups -OCH3 is 2. The van der Waals surface area contributed by atoms with Gasteiger partial charge in [-0.1, -0.05) is 0 Å². The first-order valence-electron chi connectivity index (χ1n) is 10.8. The number of halogens is 6. The van der Waals surface area contributed by atoms with Gasteiger partial charge in [-0.05, 0) is 50.1 Å². The molecule has 6 nitrogen and oxygen atoms in total. The van der Waals surface area contributed by atoms with E-state index in [1.807, 2.05) is 0 Å². The summed E-state index contributed by atoms with van der Waals surface area (Å²) < 4.78 is 95.9. The van der Waals surface area contributed by atoms with E-state index in [0.29, 0.717) is 12.1 Å². The maximum absolute atomic E-state index is 13.5. The first-order chi connectivity index (χ1) is 16.7. The Morgan fingerprint density at radius 3 is 1.92 bits per heavy atom. The molecule has 12 heteroatoms. The van der Waals surface area contributed by atoms with Crippen LogP contribution in [0.25, 0.3) is 0 Å². The maximum atomic E-state index is 13.5. The molecule has 36 heavy (non-hydrogen) atoms. The number of alkyl halides is 6. The van der Waals surface area contributed by atoms with Gasteiger partial charge in [0.1, 0.15) is 0 Å². The van der Waals surface area contributed by atoms with Gasteiger partial charge in [0.25, 0.3) is 0 Å². The summed E-state index contributed by atoms with van der Waals surface area (Å²) in [6.07, 6.45) is -11.0. The third-order valence-corrected chi connectivity index (χ3v) is 5.84. The molecule has 0 aliphatic carbocycles. The van der Waals surface area contributed by atoms with Crippen molar-refractivity contribution in [3.8, 4) is 11.5 Å². The monoisotopic (exact) mass is 519 g/mol. The van der Waals surface area contributed by atoms with E-state index in [2.05, 4.69) is 0 Å². The van der Waals surface area contributed by atoms with Crippen LogP contribution in [0, 0.1) is 0 Å². The molecule has 1 amide bonds. The van der Waals surface area contributed by atoms with Crippen molar-refractivity contribution < 1.29 is 50.1 Å². The van der Waals surface area contributed by atoms with Crippen LogP contribution < -0.4 is 14.4 Å². The van der Waals surface area contributed by atoms with Gasteiger partial charge in [-0.3, -0.25) is 9.69 Å². The molecule has 0 radical (unpaired) electrons. The van der Waals surface area contributed by atoms with Gasteiger partial charge in [0.05, 0.1) is 43.6 Å². The molecular formula is C24H23F6NO5. The Morgan fingerprint density at radius 1 is 0.917 bits per heavy atom. The number of anilines is 1. The summed E-state index contributed by atoms with van der Waals surface area (Å²) in [5.74, 6) is -1.78. The number of fused-ring (bicyclic) bond motifs is 1. The first kappa shape index (κ1) is 27.2. The fourth-order valence-electron chi connectivity index (χ4n) is 4.20. The van der Waals surface area contributed by atoms with Crippen molar-refractivity contribution in [3.63, 3.8) is 0 Å². The molecule has 2 aromatic carbocycles. The minimum absolute atomic E-state index is 0.0371. The molecule has 1 aliphatic heterocycles. The van der Waals surface area contributed by atoms with Crippen LogP contribution in [0.4, 0.5) is 36.8 Å². The van der Waals surface area contributed by atoms with E-state index >= 15 is 0 Å². The molecule has 2 atom stereocenters. The van der Waals surface area contributed by atoms with Crippen LogP contribution in [0.1, 0.15) is 53.2 Å². The zero-order valence-electron chi connectivity index (χ0n) is 19.7. The molecule has 0 spiro atoms. The van der Waals surface area contributed by atoms with Gasteiger partial charge in [0.15, 0.2) is 17.3 Å². The quantitative estimate of drug-likeness (QED) is 0.335. The van der Waals surface area contributed by atoms with E-state index in [0.717, 1.165) is 0 Å². The van der Waals surface area contributed by atoms with Gasteiger partial charge < -0.3 is 14.2 Å². The smallest absolute Gasteiger partial charge is 0.416 e. The number of ketones is 1. The molecule has 1 heterocycles. The number of ether oxygens (including phenoxy) is 3. The number of nitrogens with zero attached hydrogens (tertiary/aromatic N) is 1. The van der Waals surface area contributed by atoms with Gasteiger partial charge in [-0.25, -0.2) is 4.79 Å². The Labute approximate surface area is 202 Å². The number of amides is 1. The Balaban J connectivity index is 2.21. The predicted molar refractivity (Wildman–Crippen MR) is 117 cm³/mol. The SMILES string of the molecule is CCOC(=O)N1c2cc(OC)c(OC)cc2C(C(=O)c2cc(C(F)(F)F)cc(C(F)(F)F)c2)C[C@H]1C. The van der Waals surface area contributed by atoms with E-state index in [-0.39, 0.29) is 41.8 Å². The number of rotatable bonds is 5. The number of hydrogen-bond donors (Lipinski definition) is 0. The van der Waals surface area contributed by atoms with Crippen LogP contribution in [0.3, 0.4) is 0 Å². The molecule has 1 unspecified atom stereocenters. The minimum atomic E-state index is -5.11. The minimum Gasteiger partial charge on any atom is -0.493 e. The molecule has 3 rings (SSSR count). The van der Waals surface area contributed by atoms with Crippen LogP contribution in [0.15, 0.2) is 30.3 Å². The number of carbonyl (C=O) groups excluding carboxylic acids is 2. The Hall–Kier alpha value is -3.44. The van der Waals surface area contributed by atoms with Crippen LogP contribution in [0.5, 0.6) is 11.5 Å². The molecule has 0 fully saturated rings. The Morgan fingerprint density at radius 2 is 1.44 bits per heavy atom. The van der Waals surface area contributed by atoms with E-state index < -0.39 is 52.9 Å². The van der Waals surface area contributed by atoms with Crippen molar-refractivity contribution in [2.45, 2.75) is 44.6 Å². The number of Topliss-reactive ketones (excluding diaryl/α,β-unsaturated/α-hetero) is 1. The van der Waals surface area contributed by atoms with Crippen LogP contribution in [-0.2, 0) is 17.1 Å². The average molecular weight is 519 g/mol. The molecule has 0 saturated heterocycles. The highest BCUT2D eigenvalue weighted by Gasteiger charge is 2.42. The fourth-order valence-corrected chi connectivity index (χ4v) is 4.20. The molecule has 0 N–H and O–H groups in total. The number of benzene rings is 2. The Kier molecular flexibility index (Phi) is 7.47. The van der Waals surface area contributed by atoms with E-state index in [4.69, 9.17) is 14.2 Å². The lowest BCUT2D eigenvalue weighted by atomic mass is 9.80. The Bertz CT molecular complexity index is 1130. The van der Waals surface area contributed by atoms with Crippen molar-refractivity contribution in [2.75, 3.05) is 25.7 Å². The van der Waals surface area contributed by atoms with Crippen LogP contribution >= 0.6 is 0 Å². The second-order valence-corrected chi connectivity index (χ2v) is 8.13. The summed E-state index contributed by atoms with van der Waals surface area (Å²) in [6.45, 7) is 3.24. The lowest BCUT2D eigenvalue weighted by Crippen LogP contribution is -2.44. The summed E-state index contributed by atoms with van der Waals surface area (Å²) in [5, 5.41) is 0. The standard InChI is InChI=1S/C24H23F6NO5/c1-5-36-22(33)31-12(2)6-17(16-10-19(34-3)20(35-4)11-18(16)31)21(32)13-7-14(23(25,26)27)9-15(8-13)24(28,29)30/h7-12,17H,5-6H2,1-4H3/t12-,17?/m1/s1. The maximum Gasteiger partial charge on any atom is 0.416 e. The molecule has 1 aliphatic rings. The molecule has 0 saturated carbocycles. The van der Waals surface area contributed by atoms with Crippen molar-refractivity contribution in [2.24, 2.45) is 0 Å². The molecular weight excluding hydrogens is 496 g/mol. The normalized spacial score (nSPS) is 17.9. The highest BCUT2D eigenvalue weighted by atomic mass is 19.4. The lowest BCUT2D eigenvalue weighted by Gasteiger charge is -2.38. The van der Waals surface area contributed by atoms with Crippen molar-refractivity contribution in [1.82, 2.24) is 0 Å². The second-order valence-electron chi connectivity index (χ2n) is 8.13. The zero-order chi connectivity index (χ0) is 27.0. The van der Waals surface area contributed by atoms with Gasteiger partial charge in [0, 0.05) is 17.7 Å². The van der Waals surface area contributed by atoms with Gasteiger partial charge in [-0.15, -0.1) is 0 Å². The van der Waals surface area contributed by atoms with E-state index in [1.165, 1.54) is 31.3 Å². The summed E-state index contributed by atoms with van der Waals surface area (Å²) >= 11 is 0. The first-order valence-corrected chi connectivity index (χ1v) is 10.8. The molecule has 0 bridgehead atoms. The van der Waals surface area contributed by atoms with Crippen molar-refractivity contribution >= 4 is 17.6 Å². The van der Waals surface area contributed by atoms with Crippen LogP contribution in [-0.4, -0.2) is 38.7 Å². The fraction of sp³-hybridized carbons (Fsp3) is 0.417. The average Bonchev–Trinajstić information content (AvgIpc) is 2.80. The summed E-state index contributed by atoms with van der Waals surface area (Å²) in [4.78, 5) is 27.4. The van der Waals surface area contributed by atoms with Gasteiger partial charge in [0.2, 0.25) is 0 Å². The lowest BCUT2D eigenvalue weighted by molar-refractivity contribution is -0.143. The van der Waals surface area contributed by atoms with Gasteiger partial charge >= 0.3 is 18.4 Å².